The molecule has 0 saturated heterocycles. The van der Waals surface area contributed by atoms with Gasteiger partial charge in [0.1, 0.15) is 5.75 Å². The average molecular weight is 270 g/mol. The number of carbonyl (C=O) groups is 1. The highest BCUT2D eigenvalue weighted by Gasteiger charge is 2.14. The Hall–Kier alpha value is -1.44. The second kappa shape index (κ2) is 5.76. The van der Waals surface area contributed by atoms with E-state index in [1.54, 1.807) is 0 Å². The van der Waals surface area contributed by atoms with Crippen LogP contribution in [-0.2, 0) is 0 Å². The van der Waals surface area contributed by atoms with E-state index in [4.69, 9.17) is 5.11 Å². The van der Waals surface area contributed by atoms with Crippen LogP contribution in [0.2, 0.25) is 0 Å². The Morgan fingerprint density at radius 3 is 2.35 bits per heavy atom. The van der Waals surface area contributed by atoms with Gasteiger partial charge in [0.2, 0.25) is 0 Å². The Balaban J connectivity index is 3.04. The van der Waals surface area contributed by atoms with E-state index in [9.17, 15) is 22.4 Å². The summed E-state index contributed by atoms with van der Waals surface area (Å²) in [6.45, 7) is -3.15. The van der Waals surface area contributed by atoms with Gasteiger partial charge in [0, 0.05) is 4.90 Å². The van der Waals surface area contributed by atoms with Crippen LogP contribution in [0.4, 0.5) is 17.6 Å². The van der Waals surface area contributed by atoms with Crippen molar-refractivity contribution in [1.29, 1.82) is 0 Å². The number of benzene rings is 1. The fraction of sp³-hybridized carbons (Fsp3) is 0.222. The zero-order valence-electron chi connectivity index (χ0n) is 8.07. The molecule has 1 aromatic rings. The molecule has 1 N–H and O–H groups in total. The van der Waals surface area contributed by atoms with E-state index in [2.05, 4.69) is 4.74 Å². The number of alkyl halides is 4. The van der Waals surface area contributed by atoms with Crippen LogP contribution in [0.25, 0.3) is 0 Å². The minimum atomic E-state index is -3.15. The number of hydrogen-bond acceptors (Lipinski definition) is 3. The van der Waals surface area contributed by atoms with Gasteiger partial charge in [-0.2, -0.15) is 17.6 Å². The summed E-state index contributed by atoms with van der Waals surface area (Å²) in [5, 5.41) is 8.66. The normalized spacial score (nSPS) is 10.9. The molecule has 0 amide bonds. The summed E-state index contributed by atoms with van der Waals surface area (Å²) in [6.07, 6.45) is 0. The van der Waals surface area contributed by atoms with Crippen LogP contribution in [-0.4, -0.2) is 23.4 Å². The zero-order chi connectivity index (χ0) is 13.0. The highest BCUT2D eigenvalue weighted by atomic mass is 32.2. The van der Waals surface area contributed by atoms with Gasteiger partial charge >= 0.3 is 12.6 Å². The van der Waals surface area contributed by atoms with E-state index >= 15 is 0 Å². The molecular weight excluding hydrogens is 264 g/mol. The first-order valence-corrected chi connectivity index (χ1v) is 5.04. The summed E-state index contributed by atoms with van der Waals surface area (Å²) in [6, 6.07) is 2.72. The van der Waals surface area contributed by atoms with Crippen molar-refractivity contribution in [3.8, 4) is 5.75 Å². The molecule has 8 heteroatoms. The van der Waals surface area contributed by atoms with Crippen molar-refractivity contribution in [3.63, 3.8) is 0 Å². The van der Waals surface area contributed by atoms with Crippen molar-refractivity contribution >= 4 is 17.7 Å². The topological polar surface area (TPSA) is 46.5 Å². The van der Waals surface area contributed by atoms with Crippen LogP contribution < -0.4 is 4.74 Å². The summed E-state index contributed by atoms with van der Waals surface area (Å²) in [5.74, 6) is -4.66. The molecule has 1 rings (SSSR count). The first-order chi connectivity index (χ1) is 7.88. The lowest BCUT2D eigenvalue weighted by Gasteiger charge is -2.08. The molecule has 0 spiro atoms. The van der Waals surface area contributed by atoms with E-state index in [1.165, 1.54) is 0 Å². The first kappa shape index (κ1) is 13.6. The van der Waals surface area contributed by atoms with Gasteiger partial charge in [-0.25, -0.2) is 4.79 Å². The van der Waals surface area contributed by atoms with E-state index in [-0.39, 0.29) is 16.7 Å². The van der Waals surface area contributed by atoms with Crippen molar-refractivity contribution in [1.82, 2.24) is 0 Å². The number of ether oxygens (including phenoxy) is 1. The minimum Gasteiger partial charge on any atom is -0.478 e. The van der Waals surface area contributed by atoms with Crippen molar-refractivity contribution in [3.05, 3.63) is 23.8 Å². The smallest absolute Gasteiger partial charge is 0.387 e. The molecule has 0 aromatic heterocycles. The number of hydrogen-bond donors (Lipinski definition) is 1. The summed E-state index contributed by atoms with van der Waals surface area (Å²) < 4.78 is 52.0. The number of rotatable bonds is 5. The maximum Gasteiger partial charge on any atom is 0.387 e. The number of carboxylic acid groups (broad SMARTS) is 1. The lowest BCUT2D eigenvalue weighted by atomic mass is 10.2. The highest BCUT2D eigenvalue weighted by Crippen LogP contribution is 2.30. The summed E-state index contributed by atoms with van der Waals surface area (Å²) in [4.78, 5) is 10.5. The molecule has 0 bridgehead atoms. The molecular formula is C9H6F4O3S. The monoisotopic (exact) mass is 270 g/mol. The predicted octanol–water partition coefficient (Wildman–Crippen LogP) is 3.30. The third kappa shape index (κ3) is 4.51. The molecule has 0 aliphatic carbocycles. The Morgan fingerprint density at radius 2 is 1.88 bits per heavy atom. The Kier molecular flexibility index (Phi) is 4.62. The molecule has 0 aliphatic heterocycles. The molecule has 3 nitrogen and oxygen atoms in total. The summed E-state index contributed by atoms with van der Waals surface area (Å²) in [7, 11) is 0. The van der Waals surface area contributed by atoms with Gasteiger partial charge in [-0.15, -0.1) is 0 Å². The Bertz CT molecular complexity index is 383. The third-order valence-corrected chi connectivity index (χ3v) is 2.26. The molecule has 0 unspecified atom stereocenters. The van der Waals surface area contributed by atoms with E-state index in [0.29, 0.717) is 0 Å². The van der Waals surface area contributed by atoms with Crippen molar-refractivity contribution < 1.29 is 32.2 Å². The first-order valence-electron chi connectivity index (χ1n) is 4.16. The van der Waals surface area contributed by atoms with Gasteiger partial charge in [0.15, 0.2) is 0 Å². The SMILES string of the molecule is O=C(O)c1cc(OC(F)F)cc(SC(F)F)c1. The Morgan fingerprint density at radius 1 is 1.24 bits per heavy atom. The molecule has 0 atom stereocenters. The number of carboxylic acids is 1. The minimum absolute atomic E-state index is 0.0497. The van der Waals surface area contributed by atoms with E-state index < -0.39 is 29.7 Å². The van der Waals surface area contributed by atoms with Crippen LogP contribution in [0, 0.1) is 0 Å². The van der Waals surface area contributed by atoms with Crippen LogP contribution in [0.5, 0.6) is 5.75 Å². The van der Waals surface area contributed by atoms with Crippen molar-refractivity contribution in [2.45, 2.75) is 17.3 Å². The fourth-order valence-electron chi connectivity index (χ4n) is 1.04. The van der Waals surface area contributed by atoms with Gasteiger partial charge in [0.05, 0.1) is 5.56 Å². The van der Waals surface area contributed by atoms with Crippen LogP contribution >= 0.6 is 11.8 Å². The summed E-state index contributed by atoms with van der Waals surface area (Å²) in [5.41, 5.74) is -0.397. The number of thioether (sulfide) groups is 1. The largest absolute Gasteiger partial charge is 0.478 e. The zero-order valence-corrected chi connectivity index (χ0v) is 8.89. The van der Waals surface area contributed by atoms with E-state index in [0.717, 1.165) is 18.2 Å². The number of aromatic carboxylic acids is 1. The molecule has 0 saturated carbocycles. The Labute approximate surface area is 97.4 Å². The van der Waals surface area contributed by atoms with Gasteiger partial charge in [0.25, 0.3) is 5.76 Å². The summed E-state index contributed by atoms with van der Waals surface area (Å²) >= 11 is 0.0497. The molecule has 94 valence electrons. The molecule has 0 heterocycles. The maximum absolute atomic E-state index is 12.1. The van der Waals surface area contributed by atoms with Gasteiger partial charge in [-0.1, -0.05) is 11.8 Å². The quantitative estimate of drug-likeness (QED) is 0.658. The molecule has 0 aliphatic rings. The van der Waals surface area contributed by atoms with Crippen molar-refractivity contribution in [2.24, 2.45) is 0 Å². The van der Waals surface area contributed by atoms with E-state index in [1.807, 2.05) is 0 Å². The molecule has 0 radical (unpaired) electrons. The van der Waals surface area contributed by atoms with Crippen molar-refractivity contribution in [2.75, 3.05) is 0 Å². The van der Waals surface area contributed by atoms with Gasteiger partial charge in [-0.05, 0) is 18.2 Å². The third-order valence-electron chi connectivity index (χ3n) is 1.58. The molecule has 0 fully saturated rings. The average Bonchev–Trinajstić information content (AvgIpc) is 2.14. The van der Waals surface area contributed by atoms with Gasteiger partial charge in [-0.3, -0.25) is 0 Å². The standard InChI is InChI=1S/C9H6F4O3S/c10-8(11)16-5-1-4(7(14)15)2-6(3-5)17-9(12)13/h1-3,8-9H,(H,14,15). The fourth-order valence-corrected chi connectivity index (χ4v) is 1.62. The van der Waals surface area contributed by atoms with Crippen LogP contribution in [0.15, 0.2) is 23.1 Å². The second-order valence-corrected chi connectivity index (χ2v) is 3.82. The number of halogens is 4. The maximum atomic E-state index is 12.1. The second-order valence-electron chi connectivity index (χ2n) is 2.76. The van der Waals surface area contributed by atoms with Crippen LogP contribution in [0.3, 0.4) is 0 Å². The molecule has 1 aromatic carbocycles. The van der Waals surface area contributed by atoms with Crippen LogP contribution in [0.1, 0.15) is 10.4 Å². The lowest BCUT2D eigenvalue weighted by molar-refractivity contribution is -0.0500. The highest BCUT2D eigenvalue weighted by molar-refractivity contribution is 7.99. The predicted molar refractivity (Wildman–Crippen MR) is 51.9 cm³/mol. The lowest BCUT2D eigenvalue weighted by Crippen LogP contribution is -2.04. The molecule has 17 heavy (non-hydrogen) atoms. The van der Waals surface area contributed by atoms with Gasteiger partial charge < -0.3 is 9.84 Å².